The third-order valence-electron chi connectivity index (χ3n) is 3.31. The summed E-state index contributed by atoms with van der Waals surface area (Å²) in [6.07, 6.45) is -0.926. The summed E-state index contributed by atoms with van der Waals surface area (Å²) in [7, 11) is 0. The normalized spacial score (nSPS) is 11.4. The molecule has 0 heterocycles. The summed E-state index contributed by atoms with van der Waals surface area (Å²) >= 11 is 1.35. The van der Waals surface area contributed by atoms with Gasteiger partial charge in [0.05, 0.1) is 5.75 Å². The topological polar surface area (TPSA) is 72.5 Å². The lowest BCUT2D eigenvalue weighted by Crippen LogP contribution is -2.30. The van der Waals surface area contributed by atoms with Crippen molar-refractivity contribution in [1.82, 2.24) is 0 Å². The minimum atomic E-state index is -0.926. The van der Waals surface area contributed by atoms with E-state index in [1.807, 2.05) is 30.3 Å². The maximum absolute atomic E-state index is 12.1. The minimum absolute atomic E-state index is 0.0893. The zero-order valence-electron chi connectivity index (χ0n) is 14.0. The number of carbonyl (C=O) groups excluding carboxylic acids is 3. The van der Waals surface area contributed by atoms with E-state index in [0.717, 1.165) is 4.90 Å². The molecule has 0 radical (unpaired) electrons. The molecule has 0 aromatic heterocycles. The molecule has 0 bridgehead atoms. The number of amides is 1. The quantitative estimate of drug-likeness (QED) is 0.466. The van der Waals surface area contributed by atoms with Crippen LogP contribution in [0.15, 0.2) is 59.5 Å². The Bertz CT molecular complexity index is 761. The first kappa shape index (κ1) is 18.7. The monoisotopic (exact) mass is 357 g/mol. The van der Waals surface area contributed by atoms with Crippen molar-refractivity contribution in [2.24, 2.45) is 0 Å². The van der Waals surface area contributed by atoms with Gasteiger partial charge >= 0.3 is 5.97 Å². The molecule has 0 spiro atoms. The van der Waals surface area contributed by atoms with Gasteiger partial charge in [0.25, 0.3) is 5.91 Å². The van der Waals surface area contributed by atoms with Crippen molar-refractivity contribution in [3.63, 3.8) is 0 Å². The lowest BCUT2D eigenvalue weighted by atomic mass is 10.1. The summed E-state index contributed by atoms with van der Waals surface area (Å²) in [5.41, 5.74) is 0.987. The van der Waals surface area contributed by atoms with Gasteiger partial charge < -0.3 is 10.1 Å². The van der Waals surface area contributed by atoms with E-state index in [1.165, 1.54) is 25.6 Å². The summed E-state index contributed by atoms with van der Waals surface area (Å²) in [6.45, 7) is 2.96. The Morgan fingerprint density at radius 2 is 1.80 bits per heavy atom. The molecule has 0 saturated carbocycles. The largest absolute Gasteiger partial charge is 0.452 e. The number of anilines is 1. The molecule has 0 aliphatic rings. The van der Waals surface area contributed by atoms with Crippen LogP contribution in [0.25, 0.3) is 0 Å². The highest BCUT2D eigenvalue weighted by atomic mass is 32.2. The third-order valence-corrected chi connectivity index (χ3v) is 4.30. The number of hydrogen-bond acceptors (Lipinski definition) is 5. The molecule has 2 aromatic rings. The van der Waals surface area contributed by atoms with Crippen molar-refractivity contribution in [2.45, 2.75) is 24.8 Å². The van der Waals surface area contributed by atoms with Crippen LogP contribution in [0.1, 0.15) is 24.2 Å². The minimum Gasteiger partial charge on any atom is -0.452 e. The Hall–Kier alpha value is -2.60. The van der Waals surface area contributed by atoms with Gasteiger partial charge in [0, 0.05) is 16.1 Å². The predicted molar refractivity (Wildman–Crippen MR) is 97.8 cm³/mol. The van der Waals surface area contributed by atoms with Gasteiger partial charge in [-0.15, -0.1) is 11.8 Å². The van der Waals surface area contributed by atoms with Crippen LogP contribution in [0.2, 0.25) is 0 Å². The fourth-order valence-electron chi connectivity index (χ4n) is 2.00. The Kier molecular flexibility index (Phi) is 6.77. The van der Waals surface area contributed by atoms with Crippen molar-refractivity contribution < 1.29 is 19.1 Å². The maximum Gasteiger partial charge on any atom is 0.317 e. The third kappa shape index (κ3) is 6.08. The van der Waals surface area contributed by atoms with E-state index in [2.05, 4.69) is 5.32 Å². The van der Waals surface area contributed by atoms with Gasteiger partial charge in [-0.25, -0.2) is 0 Å². The van der Waals surface area contributed by atoms with Gasteiger partial charge in [0.1, 0.15) is 0 Å². The molecule has 0 saturated heterocycles. The fraction of sp³-hybridized carbons (Fsp3) is 0.211. The number of hydrogen-bond donors (Lipinski definition) is 1. The van der Waals surface area contributed by atoms with E-state index in [4.69, 9.17) is 4.74 Å². The van der Waals surface area contributed by atoms with E-state index in [0.29, 0.717) is 11.3 Å². The molecule has 1 N–H and O–H groups in total. The Balaban J connectivity index is 1.84. The van der Waals surface area contributed by atoms with Gasteiger partial charge in [-0.05, 0) is 38.1 Å². The van der Waals surface area contributed by atoms with Gasteiger partial charge in [-0.2, -0.15) is 0 Å². The average molecular weight is 357 g/mol. The Labute approximate surface area is 150 Å². The SMILES string of the molecule is CC(=O)c1cccc(NC(=O)[C@H](C)OC(=O)CSc2ccccc2)c1. The van der Waals surface area contributed by atoms with Crippen LogP contribution in [-0.4, -0.2) is 29.5 Å². The number of carbonyl (C=O) groups is 3. The van der Waals surface area contributed by atoms with E-state index < -0.39 is 18.0 Å². The number of ether oxygens (including phenoxy) is 1. The summed E-state index contributed by atoms with van der Waals surface area (Å²) in [5, 5.41) is 2.64. The first-order chi connectivity index (χ1) is 12.0. The Morgan fingerprint density at radius 3 is 2.48 bits per heavy atom. The molecular formula is C19H19NO4S. The van der Waals surface area contributed by atoms with Crippen LogP contribution in [0.3, 0.4) is 0 Å². The van der Waals surface area contributed by atoms with Crippen LogP contribution >= 0.6 is 11.8 Å². The molecular weight excluding hydrogens is 338 g/mol. The highest BCUT2D eigenvalue weighted by Gasteiger charge is 2.18. The number of ketones is 1. The predicted octanol–water partition coefficient (Wildman–Crippen LogP) is 3.55. The number of thioether (sulfide) groups is 1. The second-order valence-corrected chi connectivity index (χ2v) is 6.41. The summed E-state index contributed by atoms with van der Waals surface area (Å²) in [4.78, 5) is 36.3. The molecule has 5 nitrogen and oxygen atoms in total. The number of benzene rings is 2. The summed E-state index contributed by atoms with van der Waals surface area (Å²) in [6, 6.07) is 16.1. The zero-order chi connectivity index (χ0) is 18.2. The van der Waals surface area contributed by atoms with Crippen molar-refractivity contribution >= 4 is 35.1 Å². The second-order valence-electron chi connectivity index (χ2n) is 5.36. The van der Waals surface area contributed by atoms with Crippen LogP contribution in [0, 0.1) is 0 Å². The van der Waals surface area contributed by atoms with Gasteiger partial charge in [-0.1, -0.05) is 30.3 Å². The highest BCUT2D eigenvalue weighted by Crippen LogP contribution is 2.17. The van der Waals surface area contributed by atoms with Crippen molar-refractivity contribution in [3.05, 3.63) is 60.2 Å². The number of esters is 1. The number of Topliss-reactive ketones (excluding diaryl/α,β-unsaturated/α-hetero) is 1. The number of rotatable bonds is 7. The lowest BCUT2D eigenvalue weighted by Gasteiger charge is -2.13. The molecule has 0 unspecified atom stereocenters. The second kappa shape index (κ2) is 9.03. The van der Waals surface area contributed by atoms with Crippen LogP contribution < -0.4 is 5.32 Å². The molecule has 2 rings (SSSR count). The fourth-order valence-corrected chi connectivity index (χ4v) is 2.71. The Morgan fingerprint density at radius 1 is 1.08 bits per heavy atom. The molecule has 25 heavy (non-hydrogen) atoms. The first-order valence-corrected chi connectivity index (χ1v) is 8.73. The van der Waals surface area contributed by atoms with Crippen molar-refractivity contribution in [2.75, 3.05) is 11.1 Å². The van der Waals surface area contributed by atoms with Gasteiger partial charge in [0.15, 0.2) is 11.9 Å². The van der Waals surface area contributed by atoms with E-state index in [1.54, 1.807) is 24.3 Å². The van der Waals surface area contributed by atoms with Crippen LogP contribution in [0.4, 0.5) is 5.69 Å². The van der Waals surface area contributed by atoms with E-state index in [-0.39, 0.29) is 11.5 Å². The number of nitrogens with one attached hydrogen (secondary N) is 1. The van der Waals surface area contributed by atoms with Crippen LogP contribution in [0.5, 0.6) is 0 Å². The average Bonchev–Trinajstić information content (AvgIpc) is 2.61. The van der Waals surface area contributed by atoms with Crippen LogP contribution in [-0.2, 0) is 14.3 Å². The molecule has 1 amide bonds. The van der Waals surface area contributed by atoms with Crippen molar-refractivity contribution in [1.29, 1.82) is 0 Å². The van der Waals surface area contributed by atoms with E-state index in [9.17, 15) is 14.4 Å². The smallest absolute Gasteiger partial charge is 0.317 e. The van der Waals surface area contributed by atoms with Crippen molar-refractivity contribution in [3.8, 4) is 0 Å². The maximum atomic E-state index is 12.1. The molecule has 2 aromatic carbocycles. The molecule has 6 heteroatoms. The molecule has 130 valence electrons. The zero-order valence-corrected chi connectivity index (χ0v) is 14.8. The standard InChI is InChI=1S/C19H19NO4S/c1-13(21)15-7-6-8-16(11-15)20-19(23)14(2)24-18(22)12-25-17-9-4-3-5-10-17/h3-11,14H,12H2,1-2H3,(H,20,23)/t14-/m0/s1. The van der Waals surface area contributed by atoms with Gasteiger partial charge in [0.2, 0.25) is 0 Å². The highest BCUT2D eigenvalue weighted by molar-refractivity contribution is 8.00. The molecule has 0 aliphatic carbocycles. The lowest BCUT2D eigenvalue weighted by molar-refractivity contribution is -0.150. The molecule has 0 aliphatic heterocycles. The van der Waals surface area contributed by atoms with Gasteiger partial charge in [-0.3, -0.25) is 14.4 Å². The molecule has 1 atom stereocenters. The van der Waals surface area contributed by atoms with E-state index >= 15 is 0 Å². The summed E-state index contributed by atoms with van der Waals surface area (Å²) in [5.74, 6) is -0.872. The molecule has 0 fully saturated rings. The first-order valence-electron chi connectivity index (χ1n) is 7.75. The summed E-state index contributed by atoms with van der Waals surface area (Å²) < 4.78 is 5.15.